The zero-order valence-corrected chi connectivity index (χ0v) is 12.4. The molecule has 0 fully saturated rings. The Balaban J connectivity index is 1.79. The summed E-state index contributed by atoms with van der Waals surface area (Å²) in [7, 11) is 0. The van der Waals surface area contributed by atoms with Crippen LogP contribution in [0.3, 0.4) is 0 Å². The molecule has 0 radical (unpaired) electrons. The number of amides is 1. The lowest BCUT2D eigenvalue weighted by molar-refractivity contribution is -0.111. The molecule has 5 heteroatoms. The van der Waals surface area contributed by atoms with E-state index < -0.39 is 0 Å². The monoisotopic (exact) mass is 306 g/mol. The molecule has 3 rings (SSSR count). The van der Waals surface area contributed by atoms with Crippen LogP contribution in [0.2, 0.25) is 0 Å². The maximum absolute atomic E-state index is 12.3. The molecule has 5 nitrogen and oxygen atoms in total. The van der Waals surface area contributed by atoms with Crippen LogP contribution in [-0.2, 0) is 4.79 Å². The van der Waals surface area contributed by atoms with Gasteiger partial charge in [0.05, 0.1) is 10.9 Å². The van der Waals surface area contributed by atoms with Gasteiger partial charge < -0.3 is 9.73 Å². The molecule has 0 unspecified atom stereocenters. The highest BCUT2D eigenvalue weighted by molar-refractivity contribution is 6.01. The SMILES string of the molecule is Cc1ccc(NC(=O)/C=C/c2coc3ccccc3c2=O)nc1. The van der Waals surface area contributed by atoms with Crippen LogP contribution in [0, 0.1) is 6.92 Å². The number of carbonyl (C=O) groups is 1. The van der Waals surface area contributed by atoms with E-state index in [1.54, 1.807) is 36.5 Å². The summed E-state index contributed by atoms with van der Waals surface area (Å²) in [5.41, 5.74) is 1.66. The summed E-state index contributed by atoms with van der Waals surface area (Å²) in [6.07, 6.45) is 5.72. The van der Waals surface area contributed by atoms with Crippen LogP contribution in [0.4, 0.5) is 5.82 Å². The van der Waals surface area contributed by atoms with Crippen molar-refractivity contribution in [3.05, 3.63) is 76.3 Å². The summed E-state index contributed by atoms with van der Waals surface area (Å²) in [6.45, 7) is 1.91. The average Bonchev–Trinajstić information content (AvgIpc) is 2.57. The third-order valence-electron chi connectivity index (χ3n) is 3.28. The lowest BCUT2D eigenvalue weighted by Gasteiger charge is -2.01. The van der Waals surface area contributed by atoms with Gasteiger partial charge in [-0.1, -0.05) is 18.2 Å². The maximum Gasteiger partial charge on any atom is 0.249 e. The molecule has 0 atom stereocenters. The van der Waals surface area contributed by atoms with Crippen molar-refractivity contribution in [2.75, 3.05) is 5.32 Å². The largest absolute Gasteiger partial charge is 0.463 e. The number of aryl methyl sites for hydroxylation is 1. The Bertz CT molecular complexity index is 940. The van der Waals surface area contributed by atoms with Crippen molar-refractivity contribution in [1.29, 1.82) is 0 Å². The molecule has 1 aromatic carbocycles. The highest BCUT2D eigenvalue weighted by Crippen LogP contribution is 2.11. The number of nitrogens with zero attached hydrogens (tertiary/aromatic N) is 1. The first-order valence-corrected chi connectivity index (χ1v) is 7.06. The maximum atomic E-state index is 12.3. The van der Waals surface area contributed by atoms with E-state index in [2.05, 4.69) is 10.3 Å². The zero-order chi connectivity index (χ0) is 16.2. The van der Waals surface area contributed by atoms with Crippen LogP contribution in [0.15, 0.2) is 64.1 Å². The van der Waals surface area contributed by atoms with E-state index in [0.717, 1.165) is 5.56 Å². The van der Waals surface area contributed by atoms with E-state index in [0.29, 0.717) is 22.4 Å². The molecule has 23 heavy (non-hydrogen) atoms. The Morgan fingerprint density at radius 3 is 2.83 bits per heavy atom. The molecule has 0 aliphatic carbocycles. The number of benzene rings is 1. The smallest absolute Gasteiger partial charge is 0.249 e. The predicted molar refractivity (Wildman–Crippen MR) is 89.1 cm³/mol. The average molecular weight is 306 g/mol. The van der Waals surface area contributed by atoms with Crippen molar-refractivity contribution in [2.45, 2.75) is 6.92 Å². The Kier molecular flexibility index (Phi) is 4.01. The number of nitrogens with one attached hydrogen (secondary N) is 1. The normalized spacial score (nSPS) is 11.0. The molecule has 114 valence electrons. The summed E-state index contributed by atoms with van der Waals surface area (Å²) >= 11 is 0. The van der Waals surface area contributed by atoms with Crippen molar-refractivity contribution in [2.24, 2.45) is 0 Å². The number of hydrogen-bond acceptors (Lipinski definition) is 4. The van der Waals surface area contributed by atoms with E-state index in [1.165, 1.54) is 18.4 Å². The Hall–Kier alpha value is -3.21. The van der Waals surface area contributed by atoms with Gasteiger partial charge in [0.25, 0.3) is 0 Å². The third-order valence-corrected chi connectivity index (χ3v) is 3.28. The van der Waals surface area contributed by atoms with Crippen molar-refractivity contribution in [1.82, 2.24) is 4.98 Å². The molecular formula is C18H14N2O3. The minimum atomic E-state index is -0.367. The second kappa shape index (κ2) is 6.27. The molecule has 3 aromatic rings. The number of fused-ring (bicyclic) bond motifs is 1. The first-order valence-electron chi connectivity index (χ1n) is 7.06. The van der Waals surface area contributed by atoms with Crippen LogP contribution >= 0.6 is 0 Å². The number of carbonyl (C=O) groups excluding carboxylic acids is 1. The van der Waals surface area contributed by atoms with Crippen molar-refractivity contribution in [3.63, 3.8) is 0 Å². The number of para-hydroxylation sites is 1. The third kappa shape index (κ3) is 3.35. The summed E-state index contributed by atoms with van der Waals surface area (Å²) in [6, 6.07) is 10.5. The van der Waals surface area contributed by atoms with Gasteiger partial charge in [-0.05, 0) is 36.8 Å². The summed E-state index contributed by atoms with van der Waals surface area (Å²) in [5, 5.41) is 3.11. The lowest BCUT2D eigenvalue weighted by Crippen LogP contribution is -2.10. The number of rotatable bonds is 3. The topological polar surface area (TPSA) is 72.2 Å². The Labute approximate surface area is 132 Å². The molecule has 0 aliphatic heterocycles. The molecule has 0 aliphatic rings. The summed E-state index contributed by atoms with van der Waals surface area (Å²) in [4.78, 5) is 28.2. The fourth-order valence-corrected chi connectivity index (χ4v) is 2.08. The van der Waals surface area contributed by atoms with E-state index >= 15 is 0 Å². The molecule has 0 spiro atoms. The number of pyridine rings is 1. The van der Waals surface area contributed by atoms with E-state index in [4.69, 9.17) is 4.42 Å². The van der Waals surface area contributed by atoms with Crippen LogP contribution in [0.25, 0.3) is 17.0 Å². The van der Waals surface area contributed by atoms with Crippen molar-refractivity contribution in [3.8, 4) is 0 Å². The van der Waals surface area contributed by atoms with Gasteiger partial charge in [0, 0.05) is 12.3 Å². The molecule has 0 saturated carbocycles. The molecule has 1 N–H and O–H groups in total. The second-order valence-corrected chi connectivity index (χ2v) is 5.06. The van der Waals surface area contributed by atoms with Gasteiger partial charge >= 0.3 is 0 Å². The van der Waals surface area contributed by atoms with Crippen LogP contribution in [0.5, 0.6) is 0 Å². The van der Waals surface area contributed by atoms with Crippen LogP contribution < -0.4 is 10.7 Å². The fourth-order valence-electron chi connectivity index (χ4n) is 2.08. The second-order valence-electron chi connectivity index (χ2n) is 5.06. The van der Waals surface area contributed by atoms with E-state index in [9.17, 15) is 9.59 Å². The molecule has 2 aromatic heterocycles. The summed E-state index contributed by atoms with van der Waals surface area (Å²) in [5.74, 6) is 0.0877. The van der Waals surface area contributed by atoms with Crippen LogP contribution in [0.1, 0.15) is 11.1 Å². The minimum absolute atomic E-state index is 0.177. The van der Waals surface area contributed by atoms with Gasteiger partial charge in [-0.25, -0.2) is 4.98 Å². The molecular weight excluding hydrogens is 292 g/mol. The number of hydrogen-bond donors (Lipinski definition) is 1. The van der Waals surface area contributed by atoms with Gasteiger partial charge in [0.2, 0.25) is 5.91 Å². The van der Waals surface area contributed by atoms with E-state index in [1.807, 2.05) is 13.0 Å². The first kappa shape index (κ1) is 14.7. The quantitative estimate of drug-likeness (QED) is 0.754. The molecule has 1 amide bonds. The van der Waals surface area contributed by atoms with Gasteiger partial charge in [-0.2, -0.15) is 0 Å². The molecule has 2 heterocycles. The zero-order valence-electron chi connectivity index (χ0n) is 12.4. The van der Waals surface area contributed by atoms with Gasteiger partial charge in [0.15, 0.2) is 5.43 Å². The summed E-state index contributed by atoms with van der Waals surface area (Å²) < 4.78 is 5.39. The lowest BCUT2D eigenvalue weighted by atomic mass is 10.1. The molecule has 0 bridgehead atoms. The standard InChI is InChI=1S/C18H14N2O3/c1-12-6-8-16(19-10-12)20-17(21)9-7-13-11-23-15-5-3-2-4-14(15)18(13)22/h2-11H,1H3,(H,19,20,21)/b9-7+. The van der Waals surface area contributed by atoms with Crippen molar-refractivity contribution < 1.29 is 9.21 Å². The number of anilines is 1. The highest BCUT2D eigenvalue weighted by Gasteiger charge is 2.05. The number of aromatic nitrogens is 1. The van der Waals surface area contributed by atoms with Crippen molar-refractivity contribution >= 4 is 28.8 Å². The first-order chi connectivity index (χ1) is 11.1. The van der Waals surface area contributed by atoms with Gasteiger partial charge in [-0.15, -0.1) is 0 Å². The Morgan fingerprint density at radius 2 is 2.04 bits per heavy atom. The minimum Gasteiger partial charge on any atom is -0.463 e. The highest BCUT2D eigenvalue weighted by atomic mass is 16.3. The molecule has 0 saturated heterocycles. The fraction of sp³-hybridized carbons (Fsp3) is 0.0556. The predicted octanol–water partition coefficient (Wildman–Crippen LogP) is 3.15. The van der Waals surface area contributed by atoms with Gasteiger partial charge in [0.1, 0.15) is 17.7 Å². The van der Waals surface area contributed by atoms with Crippen LogP contribution in [-0.4, -0.2) is 10.9 Å². The van der Waals surface area contributed by atoms with E-state index in [-0.39, 0.29) is 11.3 Å². The van der Waals surface area contributed by atoms with Gasteiger partial charge in [-0.3, -0.25) is 9.59 Å². The Morgan fingerprint density at radius 1 is 1.22 bits per heavy atom.